The summed E-state index contributed by atoms with van der Waals surface area (Å²) in [5, 5.41) is 11.0. The van der Waals surface area contributed by atoms with Gasteiger partial charge in [-0.2, -0.15) is 0 Å². The van der Waals surface area contributed by atoms with Crippen molar-refractivity contribution in [2.24, 2.45) is 0 Å². The van der Waals surface area contributed by atoms with Crippen LogP contribution in [0.3, 0.4) is 0 Å². The number of hydrogen-bond acceptors (Lipinski definition) is 6. The number of halogens is 1. The third-order valence-electron chi connectivity index (χ3n) is 5.48. The number of sulfonamides is 1. The zero-order chi connectivity index (χ0) is 19.5. The molecule has 1 N–H and O–H groups in total. The molecule has 0 radical (unpaired) electrons. The highest BCUT2D eigenvalue weighted by Crippen LogP contribution is 2.34. The van der Waals surface area contributed by atoms with E-state index in [0.717, 1.165) is 51.3 Å². The molecule has 0 spiro atoms. The Morgan fingerprint density at radius 1 is 1.22 bits per heavy atom. The number of nitrogens with one attached hydrogen (secondary N) is 1. The Morgan fingerprint density at radius 3 is 2.52 bits per heavy atom. The number of nitro groups is 1. The van der Waals surface area contributed by atoms with Gasteiger partial charge >= 0.3 is 0 Å². The van der Waals surface area contributed by atoms with Crippen LogP contribution in [0.15, 0.2) is 23.1 Å². The van der Waals surface area contributed by atoms with Gasteiger partial charge in [-0.15, -0.1) is 0 Å². The minimum Gasteiger partial charge on any atom is -0.379 e. The fraction of sp³-hybridized carbons (Fsp3) is 0.647. The Labute approximate surface area is 164 Å². The first-order chi connectivity index (χ1) is 12.8. The Morgan fingerprint density at radius 2 is 1.89 bits per heavy atom. The molecule has 0 amide bonds. The average molecular weight is 418 g/mol. The van der Waals surface area contributed by atoms with Crippen LogP contribution in [-0.2, 0) is 14.8 Å². The minimum atomic E-state index is -3.88. The fourth-order valence-corrected chi connectivity index (χ4v) is 5.29. The van der Waals surface area contributed by atoms with Crippen molar-refractivity contribution in [3.05, 3.63) is 33.3 Å². The van der Waals surface area contributed by atoms with Crippen LogP contribution >= 0.6 is 11.6 Å². The fourth-order valence-electron chi connectivity index (χ4n) is 3.96. The van der Waals surface area contributed by atoms with E-state index >= 15 is 0 Å². The van der Waals surface area contributed by atoms with E-state index in [9.17, 15) is 18.5 Å². The molecule has 1 aromatic carbocycles. The molecule has 8 nitrogen and oxygen atoms in total. The van der Waals surface area contributed by atoms with E-state index in [1.54, 1.807) is 0 Å². The van der Waals surface area contributed by atoms with Gasteiger partial charge in [0.2, 0.25) is 10.0 Å². The molecule has 1 heterocycles. The summed E-state index contributed by atoms with van der Waals surface area (Å²) < 4.78 is 33.7. The molecule has 0 bridgehead atoms. The van der Waals surface area contributed by atoms with Crippen molar-refractivity contribution in [3.8, 4) is 0 Å². The maximum Gasteiger partial charge on any atom is 0.289 e. The summed E-state index contributed by atoms with van der Waals surface area (Å²) in [6.07, 6.45) is 5.13. The second kappa shape index (κ2) is 8.40. The van der Waals surface area contributed by atoms with Crippen LogP contribution in [0.4, 0.5) is 5.69 Å². The summed E-state index contributed by atoms with van der Waals surface area (Å²) in [5.74, 6) is 0. The van der Waals surface area contributed by atoms with Crippen LogP contribution in [0.25, 0.3) is 0 Å². The van der Waals surface area contributed by atoms with Gasteiger partial charge in [-0.1, -0.05) is 30.9 Å². The normalized spacial score (nSPS) is 21.1. The van der Waals surface area contributed by atoms with Crippen LogP contribution in [0.2, 0.25) is 5.02 Å². The molecule has 0 atom stereocenters. The van der Waals surface area contributed by atoms with Crippen molar-refractivity contribution in [1.29, 1.82) is 0 Å². The number of rotatable bonds is 6. The second-order valence-electron chi connectivity index (χ2n) is 7.08. The summed E-state index contributed by atoms with van der Waals surface area (Å²) in [6, 6.07) is 3.54. The van der Waals surface area contributed by atoms with Gasteiger partial charge in [0.05, 0.1) is 23.0 Å². The molecule has 0 unspecified atom stereocenters. The Balaban J connectivity index is 1.80. The van der Waals surface area contributed by atoms with Gasteiger partial charge in [-0.25, -0.2) is 13.1 Å². The van der Waals surface area contributed by atoms with Gasteiger partial charge < -0.3 is 4.74 Å². The highest BCUT2D eigenvalue weighted by atomic mass is 35.5. The third kappa shape index (κ3) is 4.60. The van der Waals surface area contributed by atoms with Crippen LogP contribution in [0, 0.1) is 10.1 Å². The molecule has 0 aromatic heterocycles. The first-order valence-corrected chi connectivity index (χ1v) is 11.0. The summed E-state index contributed by atoms with van der Waals surface area (Å²) in [4.78, 5) is 12.6. The summed E-state index contributed by atoms with van der Waals surface area (Å²) in [5.41, 5.74) is -0.645. The highest BCUT2D eigenvalue weighted by Gasteiger charge is 2.39. The molecular formula is C17H24ClN3O5S. The summed E-state index contributed by atoms with van der Waals surface area (Å²) >= 11 is 5.79. The lowest BCUT2D eigenvalue weighted by molar-refractivity contribution is -0.384. The zero-order valence-corrected chi connectivity index (χ0v) is 16.6. The smallest absolute Gasteiger partial charge is 0.289 e. The summed E-state index contributed by atoms with van der Waals surface area (Å²) in [6.45, 7) is 3.16. The molecule has 1 saturated heterocycles. The maximum atomic E-state index is 12.8. The van der Waals surface area contributed by atoms with Crippen molar-refractivity contribution < 1.29 is 18.1 Å². The topological polar surface area (TPSA) is 102 Å². The van der Waals surface area contributed by atoms with E-state index < -0.39 is 20.6 Å². The number of morpholine rings is 1. The van der Waals surface area contributed by atoms with E-state index in [0.29, 0.717) is 13.2 Å². The lowest BCUT2D eigenvalue weighted by Crippen LogP contribution is -2.59. The number of ether oxygens (including phenoxy) is 1. The largest absolute Gasteiger partial charge is 0.379 e. The van der Waals surface area contributed by atoms with Gasteiger partial charge in [0.1, 0.15) is 5.02 Å². The van der Waals surface area contributed by atoms with E-state index in [1.165, 1.54) is 12.1 Å². The van der Waals surface area contributed by atoms with Gasteiger partial charge in [-0.3, -0.25) is 15.0 Å². The number of benzene rings is 1. The van der Waals surface area contributed by atoms with Crippen molar-refractivity contribution in [2.45, 2.75) is 42.5 Å². The minimum absolute atomic E-state index is 0.0870. The predicted octanol–water partition coefficient (Wildman–Crippen LogP) is 2.56. The number of nitrogens with zero attached hydrogens (tertiary/aromatic N) is 2. The highest BCUT2D eigenvalue weighted by molar-refractivity contribution is 7.89. The molecule has 1 aliphatic heterocycles. The van der Waals surface area contributed by atoms with E-state index in [2.05, 4.69) is 9.62 Å². The van der Waals surface area contributed by atoms with Gasteiger partial charge in [-0.05, 0) is 25.0 Å². The van der Waals surface area contributed by atoms with Crippen LogP contribution < -0.4 is 4.72 Å². The first kappa shape index (κ1) is 20.5. The van der Waals surface area contributed by atoms with Crippen molar-refractivity contribution >= 4 is 27.3 Å². The van der Waals surface area contributed by atoms with Crippen LogP contribution in [-0.4, -0.2) is 56.6 Å². The molecule has 2 fully saturated rings. The lowest BCUT2D eigenvalue weighted by atomic mass is 9.80. The Kier molecular flexibility index (Phi) is 6.37. The van der Waals surface area contributed by atoms with Crippen LogP contribution in [0.5, 0.6) is 0 Å². The van der Waals surface area contributed by atoms with Crippen molar-refractivity contribution in [2.75, 3.05) is 32.8 Å². The third-order valence-corrected chi connectivity index (χ3v) is 7.20. The van der Waals surface area contributed by atoms with Crippen molar-refractivity contribution in [3.63, 3.8) is 0 Å². The van der Waals surface area contributed by atoms with Gasteiger partial charge in [0.15, 0.2) is 0 Å². The van der Waals surface area contributed by atoms with E-state index in [-0.39, 0.29) is 22.0 Å². The zero-order valence-electron chi connectivity index (χ0n) is 15.0. The first-order valence-electron chi connectivity index (χ1n) is 9.10. The quantitative estimate of drug-likeness (QED) is 0.563. The number of hydrogen-bond donors (Lipinski definition) is 1. The second-order valence-corrected chi connectivity index (χ2v) is 9.25. The molecule has 1 saturated carbocycles. The molecular weight excluding hydrogens is 394 g/mol. The van der Waals surface area contributed by atoms with Crippen molar-refractivity contribution in [1.82, 2.24) is 9.62 Å². The molecule has 150 valence electrons. The van der Waals surface area contributed by atoms with E-state index in [4.69, 9.17) is 16.3 Å². The number of nitro benzene ring substituents is 1. The molecule has 2 aliphatic rings. The van der Waals surface area contributed by atoms with Gasteiger partial charge in [0.25, 0.3) is 5.69 Å². The lowest BCUT2D eigenvalue weighted by Gasteiger charge is -2.48. The molecule has 3 rings (SSSR count). The molecule has 27 heavy (non-hydrogen) atoms. The average Bonchev–Trinajstić information content (AvgIpc) is 2.68. The Hall–Kier alpha value is -1.26. The van der Waals surface area contributed by atoms with Crippen LogP contribution in [0.1, 0.15) is 32.1 Å². The van der Waals surface area contributed by atoms with E-state index in [1.807, 2.05) is 0 Å². The Bertz CT molecular complexity index is 790. The molecule has 1 aliphatic carbocycles. The molecule has 10 heteroatoms. The summed E-state index contributed by atoms with van der Waals surface area (Å²) in [7, 11) is -3.88. The monoisotopic (exact) mass is 417 g/mol. The maximum absolute atomic E-state index is 12.8. The standard InChI is InChI=1S/C17H24ClN3O5S/c18-15-5-4-14(12-16(15)21(22)23)27(24,25)19-13-17(6-2-1-3-7-17)20-8-10-26-11-9-20/h4-5,12,19H,1-3,6-11,13H2. The predicted molar refractivity (Wildman–Crippen MR) is 102 cm³/mol. The SMILES string of the molecule is O=[N+]([O-])c1cc(S(=O)(=O)NCC2(N3CCOCC3)CCCCC2)ccc1Cl. The molecule has 1 aromatic rings. The van der Waals surface area contributed by atoms with Gasteiger partial charge in [0, 0.05) is 31.2 Å².